The van der Waals surface area contributed by atoms with E-state index in [0.717, 1.165) is 21.5 Å². The highest BCUT2D eigenvalue weighted by molar-refractivity contribution is 8.12. The van der Waals surface area contributed by atoms with Crippen LogP contribution in [0.15, 0.2) is 91.3 Å². The summed E-state index contributed by atoms with van der Waals surface area (Å²) in [4.78, 5) is 28.4. The Labute approximate surface area is 203 Å². The van der Waals surface area contributed by atoms with Crippen LogP contribution in [0.25, 0.3) is 43.1 Å². The second-order valence-corrected chi connectivity index (χ2v) is 8.78. The van der Waals surface area contributed by atoms with Crippen LogP contribution in [0.4, 0.5) is 10.5 Å². The molecular formula is C27H17N5O2S. The number of carbonyl (C=O) groups is 2. The Morgan fingerprint density at radius 1 is 0.686 bits per heavy atom. The van der Waals surface area contributed by atoms with Crippen molar-refractivity contribution in [3.63, 3.8) is 0 Å². The van der Waals surface area contributed by atoms with E-state index < -0.39 is 11.1 Å². The lowest BCUT2D eigenvalue weighted by Crippen LogP contribution is -2.24. The lowest BCUT2D eigenvalue weighted by atomic mass is 9.95. The van der Waals surface area contributed by atoms with Gasteiger partial charge in [0, 0.05) is 23.5 Å². The molecule has 6 rings (SSSR count). The Bertz CT molecular complexity index is 1770. The molecule has 168 valence electrons. The zero-order valence-corrected chi connectivity index (χ0v) is 19.0. The fourth-order valence-electron chi connectivity index (χ4n) is 4.26. The highest BCUT2D eigenvalue weighted by Crippen LogP contribution is 2.34. The van der Waals surface area contributed by atoms with Crippen LogP contribution in [0.5, 0.6) is 0 Å². The molecule has 0 saturated carbocycles. The second-order valence-electron chi connectivity index (χ2n) is 8.00. The topological polar surface area (TPSA) is 96.9 Å². The molecule has 0 unspecified atom stereocenters. The van der Waals surface area contributed by atoms with E-state index in [-0.39, 0.29) is 5.82 Å². The Morgan fingerprint density at radius 2 is 1.34 bits per heavy atom. The molecule has 5 aromatic carbocycles. The molecule has 0 aliphatic carbocycles. The second kappa shape index (κ2) is 8.66. The first-order valence-corrected chi connectivity index (χ1v) is 11.7. The van der Waals surface area contributed by atoms with Crippen molar-refractivity contribution < 1.29 is 9.59 Å². The molecule has 0 bridgehead atoms. The number of carbonyl (C=O) groups excluding carboxylic acids is 2. The maximum atomic E-state index is 12.5. The van der Waals surface area contributed by atoms with Crippen molar-refractivity contribution in [2.45, 2.75) is 0 Å². The van der Waals surface area contributed by atoms with E-state index >= 15 is 0 Å². The first kappa shape index (κ1) is 21.0. The molecule has 7 nitrogen and oxygen atoms in total. The number of fused-ring (bicyclic) bond motifs is 5. The van der Waals surface area contributed by atoms with E-state index in [4.69, 9.17) is 0 Å². The minimum atomic E-state index is -0.523. The highest BCUT2D eigenvalue weighted by atomic mass is 32.2. The third-order valence-corrected chi connectivity index (χ3v) is 6.51. The van der Waals surface area contributed by atoms with Crippen LogP contribution in [0.3, 0.4) is 0 Å². The zero-order chi connectivity index (χ0) is 23.8. The van der Waals surface area contributed by atoms with Gasteiger partial charge in [-0.15, -0.1) is 5.10 Å². The van der Waals surface area contributed by atoms with Crippen LogP contribution < -0.4 is 10.0 Å². The SMILES string of the molecule is O=C(NSC(=O)c1nccnn1)Nc1cccc2cc3c(ccc4cc5ccccc5cc43)cc12. The Kier molecular flexibility index (Phi) is 5.20. The van der Waals surface area contributed by atoms with Gasteiger partial charge in [-0.05, 0) is 68.0 Å². The van der Waals surface area contributed by atoms with Crippen LogP contribution in [-0.4, -0.2) is 26.3 Å². The molecule has 0 saturated heterocycles. The maximum absolute atomic E-state index is 12.5. The number of benzene rings is 5. The van der Waals surface area contributed by atoms with Crippen LogP contribution >= 0.6 is 11.9 Å². The molecule has 0 fully saturated rings. The van der Waals surface area contributed by atoms with Crippen LogP contribution in [-0.2, 0) is 0 Å². The molecule has 8 heteroatoms. The molecule has 0 atom stereocenters. The monoisotopic (exact) mass is 475 g/mol. The van der Waals surface area contributed by atoms with Gasteiger partial charge >= 0.3 is 6.03 Å². The third kappa shape index (κ3) is 4.00. The molecule has 1 heterocycles. The Balaban J connectivity index is 1.33. The van der Waals surface area contributed by atoms with Gasteiger partial charge in [0.15, 0.2) is 0 Å². The molecule has 2 N–H and O–H groups in total. The lowest BCUT2D eigenvalue weighted by molar-refractivity contribution is 0.107. The number of amides is 2. The molecule has 0 spiro atoms. The molecule has 1 aromatic heterocycles. The van der Waals surface area contributed by atoms with Gasteiger partial charge in [-0.3, -0.25) is 9.52 Å². The maximum Gasteiger partial charge on any atom is 0.329 e. The summed E-state index contributed by atoms with van der Waals surface area (Å²) in [5.74, 6) is -0.0746. The molecule has 6 aromatic rings. The normalized spacial score (nSPS) is 11.2. The van der Waals surface area contributed by atoms with Gasteiger partial charge < -0.3 is 5.32 Å². The van der Waals surface area contributed by atoms with Gasteiger partial charge in [-0.1, -0.05) is 48.5 Å². The van der Waals surface area contributed by atoms with Crippen molar-refractivity contribution in [3.8, 4) is 0 Å². The quantitative estimate of drug-likeness (QED) is 0.179. The molecule has 2 amide bonds. The van der Waals surface area contributed by atoms with Crippen LogP contribution in [0.1, 0.15) is 10.6 Å². The minimum absolute atomic E-state index is 0.0746. The van der Waals surface area contributed by atoms with Gasteiger partial charge in [0.05, 0.1) is 11.9 Å². The Morgan fingerprint density at radius 3 is 2.11 bits per heavy atom. The predicted molar refractivity (Wildman–Crippen MR) is 140 cm³/mol. The number of hydrogen-bond acceptors (Lipinski definition) is 6. The van der Waals surface area contributed by atoms with Crippen LogP contribution in [0.2, 0.25) is 0 Å². The molecular weight excluding hydrogens is 458 g/mol. The third-order valence-electron chi connectivity index (χ3n) is 5.85. The van der Waals surface area contributed by atoms with Crippen molar-refractivity contribution in [1.82, 2.24) is 19.9 Å². The summed E-state index contributed by atoms with van der Waals surface area (Å²) in [6.07, 6.45) is 2.74. The number of urea groups is 1. The fourth-order valence-corrected chi connectivity index (χ4v) is 4.68. The zero-order valence-electron chi connectivity index (χ0n) is 18.2. The lowest BCUT2D eigenvalue weighted by Gasteiger charge is -2.12. The van der Waals surface area contributed by atoms with Crippen molar-refractivity contribution >= 4 is 71.9 Å². The first-order valence-electron chi connectivity index (χ1n) is 10.9. The van der Waals surface area contributed by atoms with Gasteiger partial charge in [0.25, 0.3) is 5.12 Å². The number of nitrogens with one attached hydrogen (secondary N) is 2. The van der Waals surface area contributed by atoms with Crippen molar-refractivity contribution in [3.05, 3.63) is 97.1 Å². The Hall–Kier alpha value is -4.56. The number of rotatable bonds is 2. The van der Waals surface area contributed by atoms with E-state index in [1.165, 1.54) is 33.9 Å². The first-order chi connectivity index (χ1) is 17.2. The average Bonchev–Trinajstić information content (AvgIpc) is 2.90. The van der Waals surface area contributed by atoms with Crippen molar-refractivity contribution in [2.75, 3.05) is 5.32 Å². The van der Waals surface area contributed by atoms with Gasteiger partial charge in [0.1, 0.15) is 0 Å². The molecule has 0 aliphatic heterocycles. The van der Waals surface area contributed by atoms with Crippen molar-refractivity contribution in [2.24, 2.45) is 0 Å². The fraction of sp³-hybridized carbons (Fsp3) is 0. The summed E-state index contributed by atoms with van der Waals surface area (Å²) in [7, 11) is 0. The number of hydrogen-bond donors (Lipinski definition) is 2. The summed E-state index contributed by atoms with van der Waals surface area (Å²) in [5, 5.41) is 18.5. The van der Waals surface area contributed by atoms with E-state index in [1.54, 1.807) is 0 Å². The van der Waals surface area contributed by atoms with E-state index in [9.17, 15) is 9.59 Å². The van der Waals surface area contributed by atoms with E-state index in [1.807, 2.05) is 24.3 Å². The molecule has 0 aliphatic rings. The summed E-state index contributed by atoms with van der Waals surface area (Å²) >= 11 is 0.601. The predicted octanol–water partition coefficient (Wildman–Crippen LogP) is 6.09. The summed E-state index contributed by atoms with van der Waals surface area (Å²) in [5.41, 5.74) is 0.645. The standard InChI is InChI=1S/C27H17N5O2S/c33-26(25-28-10-11-29-31-25)35-32-27(34)30-24-7-3-6-18-14-22-20(15-23(18)24)9-8-19-12-16-4-1-2-5-17(16)13-21(19)22/h1-15H,(H2,30,32,34). The van der Waals surface area contributed by atoms with Gasteiger partial charge in [-0.25, -0.2) is 9.78 Å². The number of anilines is 1. The number of aromatic nitrogens is 3. The van der Waals surface area contributed by atoms with Gasteiger partial charge in [-0.2, -0.15) is 5.10 Å². The number of nitrogens with zero attached hydrogens (tertiary/aromatic N) is 3. The summed E-state index contributed by atoms with van der Waals surface area (Å²) < 4.78 is 2.48. The van der Waals surface area contributed by atoms with Crippen LogP contribution in [0, 0.1) is 0 Å². The molecule has 35 heavy (non-hydrogen) atoms. The summed E-state index contributed by atoms with van der Waals surface area (Å²) in [6.45, 7) is 0. The largest absolute Gasteiger partial charge is 0.329 e. The average molecular weight is 476 g/mol. The van der Waals surface area contributed by atoms with E-state index in [2.05, 4.69) is 79.8 Å². The molecule has 0 radical (unpaired) electrons. The highest BCUT2D eigenvalue weighted by Gasteiger charge is 2.14. The van der Waals surface area contributed by atoms with Crippen molar-refractivity contribution in [1.29, 1.82) is 0 Å². The summed E-state index contributed by atoms with van der Waals surface area (Å²) in [6, 6.07) is 26.5. The smallest absolute Gasteiger partial charge is 0.307 e. The van der Waals surface area contributed by atoms with Gasteiger partial charge in [0.2, 0.25) is 5.82 Å². The van der Waals surface area contributed by atoms with E-state index in [0.29, 0.717) is 17.6 Å². The minimum Gasteiger partial charge on any atom is -0.307 e.